The topological polar surface area (TPSA) is 21.3 Å². The van der Waals surface area contributed by atoms with Gasteiger partial charge in [0.1, 0.15) is 5.67 Å². The van der Waals surface area contributed by atoms with Crippen LogP contribution < -0.4 is 5.32 Å². The molecule has 17 heavy (non-hydrogen) atoms. The highest BCUT2D eigenvalue weighted by Crippen LogP contribution is 2.46. The summed E-state index contributed by atoms with van der Waals surface area (Å²) in [6.07, 6.45) is 4.70. The van der Waals surface area contributed by atoms with Crippen molar-refractivity contribution >= 4 is 11.8 Å². The molecule has 2 nitrogen and oxygen atoms in total. The van der Waals surface area contributed by atoms with Gasteiger partial charge in [0.15, 0.2) is 0 Å². The van der Waals surface area contributed by atoms with Crippen LogP contribution in [0.2, 0.25) is 0 Å². The van der Waals surface area contributed by atoms with Crippen LogP contribution in [0.3, 0.4) is 0 Å². The Labute approximate surface area is 107 Å². The lowest BCUT2D eigenvalue weighted by Crippen LogP contribution is -2.53. The van der Waals surface area contributed by atoms with Crippen molar-refractivity contribution in [3.05, 3.63) is 0 Å². The smallest absolute Gasteiger partial charge is 0.126 e. The number of rotatable bonds is 1. The average molecular weight is 259 g/mol. The largest absolute Gasteiger partial charge is 0.374 e. The Morgan fingerprint density at radius 1 is 1.35 bits per heavy atom. The van der Waals surface area contributed by atoms with Gasteiger partial charge >= 0.3 is 0 Å². The third kappa shape index (κ3) is 2.36. The van der Waals surface area contributed by atoms with Crippen LogP contribution in [0.25, 0.3) is 0 Å². The predicted molar refractivity (Wildman–Crippen MR) is 69.3 cm³/mol. The summed E-state index contributed by atoms with van der Waals surface area (Å²) in [5.74, 6) is 2.47. The zero-order chi connectivity index (χ0) is 11.8. The summed E-state index contributed by atoms with van der Waals surface area (Å²) in [5.41, 5.74) is -0.952. The van der Waals surface area contributed by atoms with Gasteiger partial charge < -0.3 is 10.1 Å². The van der Waals surface area contributed by atoms with E-state index in [2.05, 4.69) is 5.32 Å². The van der Waals surface area contributed by atoms with Crippen LogP contribution >= 0.6 is 11.8 Å². The molecule has 98 valence electrons. The SMILES string of the molecule is FC1(C2CCOC3(CCSC3)C2)CCCNC1. The summed E-state index contributed by atoms with van der Waals surface area (Å²) in [6.45, 7) is 2.30. The third-order valence-corrected chi connectivity index (χ3v) is 5.88. The average Bonchev–Trinajstić information content (AvgIpc) is 2.78. The second-order valence-electron chi connectivity index (χ2n) is 5.84. The molecule has 3 saturated heterocycles. The van der Waals surface area contributed by atoms with Crippen LogP contribution in [0, 0.1) is 5.92 Å². The van der Waals surface area contributed by atoms with Crippen molar-refractivity contribution in [2.75, 3.05) is 31.2 Å². The summed E-state index contributed by atoms with van der Waals surface area (Å²) in [5, 5.41) is 3.23. The van der Waals surface area contributed by atoms with Crippen LogP contribution in [-0.2, 0) is 4.74 Å². The number of hydrogen-bond acceptors (Lipinski definition) is 3. The van der Waals surface area contributed by atoms with Crippen molar-refractivity contribution in [2.24, 2.45) is 5.92 Å². The monoisotopic (exact) mass is 259 g/mol. The molecule has 3 unspecified atom stereocenters. The molecular weight excluding hydrogens is 237 g/mol. The Morgan fingerprint density at radius 2 is 2.29 bits per heavy atom. The second-order valence-corrected chi connectivity index (χ2v) is 6.94. The van der Waals surface area contributed by atoms with E-state index in [1.54, 1.807) is 0 Å². The van der Waals surface area contributed by atoms with Crippen LogP contribution in [0.5, 0.6) is 0 Å². The van der Waals surface area contributed by atoms with E-state index in [0.29, 0.717) is 6.54 Å². The highest BCUT2D eigenvalue weighted by atomic mass is 32.2. The lowest BCUT2D eigenvalue weighted by atomic mass is 9.73. The molecule has 0 saturated carbocycles. The molecule has 0 radical (unpaired) electrons. The van der Waals surface area contributed by atoms with Gasteiger partial charge in [0, 0.05) is 18.9 Å². The zero-order valence-electron chi connectivity index (χ0n) is 10.3. The summed E-state index contributed by atoms with van der Waals surface area (Å²) >= 11 is 1.96. The van der Waals surface area contributed by atoms with Crippen LogP contribution in [0.1, 0.15) is 32.1 Å². The molecule has 3 fully saturated rings. The summed E-state index contributed by atoms with van der Waals surface area (Å²) < 4.78 is 21.0. The van der Waals surface area contributed by atoms with E-state index < -0.39 is 5.67 Å². The predicted octanol–water partition coefficient (Wildman–Crippen LogP) is 2.38. The number of ether oxygens (including phenoxy) is 1. The van der Waals surface area contributed by atoms with E-state index in [1.807, 2.05) is 11.8 Å². The lowest BCUT2D eigenvalue weighted by molar-refractivity contribution is -0.114. The highest BCUT2D eigenvalue weighted by molar-refractivity contribution is 7.99. The first-order valence-electron chi connectivity index (χ1n) is 6.84. The maximum atomic E-state index is 15.0. The third-order valence-electron chi connectivity index (χ3n) is 4.66. The minimum absolute atomic E-state index is 0.0180. The van der Waals surface area contributed by atoms with Crippen molar-refractivity contribution in [2.45, 2.75) is 43.4 Å². The standard InChI is InChI=1S/C13H22FNOS/c14-13(3-1-5-15-9-13)11-2-6-16-12(8-11)4-7-17-10-12/h11,15H,1-10H2. The molecule has 1 spiro atoms. The van der Waals surface area contributed by atoms with Gasteiger partial charge in [-0.25, -0.2) is 4.39 Å². The van der Waals surface area contributed by atoms with Gasteiger partial charge in [0.25, 0.3) is 0 Å². The maximum Gasteiger partial charge on any atom is 0.126 e. The Bertz CT molecular complexity index is 275. The van der Waals surface area contributed by atoms with E-state index in [1.165, 1.54) is 5.75 Å². The first-order valence-corrected chi connectivity index (χ1v) is 7.99. The number of piperidine rings is 1. The van der Waals surface area contributed by atoms with E-state index in [0.717, 1.165) is 51.0 Å². The molecule has 3 heterocycles. The number of thioether (sulfide) groups is 1. The van der Waals surface area contributed by atoms with E-state index in [9.17, 15) is 4.39 Å². The van der Waals surface area contributed by atoms with Crippen LogP contribution in [-0.4, -0.2) is 42.5 Å². The fourth-order valence-electron chi connectivity index (χ4n) is 3.57. The van der Waals surface area contributed by atoms with Crippen molar-refractivity contribution in [3.63, 3.8) is 0 Å². The Kier molecular flexibility index (Phi) is 3.39. The first kappa shape index (κ1) is 12.2. The van der Waals surface area contributed by atoms with Crippen LogP contribution in [0.4, 0.5) is 4.39 Å². The number of halogens is 1. The first-order chi connectivity index (χ1) is 8.23. The number of alkyl halides is 1. The summed E-state index contributed by atoms with van der Waals surface area (Å²) in [6, 6.07) is 0. The van der Waals surface area contributed by atoms with Gasteiger partial charge in [-0.2, -0.15) is 11.8 Å². The maximum absolute atomic E-state index is 15.0. The van der Waals surface area contributed by atoms with Gasteiger partial charge in [0.2, 0.25) is 0 Å². The summed E-state index contributed by atoms with van der Waals surface area (Å²) in [4.78, 5) is 0. The van der Waals surface area contributed by atoms with E-state index >= 15 is 0 Å². The zero-order valence-corrected chi connectivity index (χ0v) is 11.2. The van der Waals surface area contributed by atoms with E-state index in [-0.39, 0.29) is 11.5 Å². The van der Waals surface area contributed by atoms with Gasteiger partial charge in [-0.15, -0.1) is 0 Å². The lowest BCUT2D eigenvalue weighted by Gasteiger charge is -2.45. The van der Waals surface area contributed by atoms with Gasteiger partial charge in [0.05, 0.1) is 5.60 Å². The normalized spacial score (nSPS) is 47.5. The number of hydrogen-bond donors (Lipinski definition) is 1. The molecular formula is C13H22FNOS. The highest BCUT2D eigenvalue weighted by Gasteiger charge is 2.48. The molecule has 3 aliphatic heterocycles. The molecule has 3 rings (SSSR count). The van der Waals surface area contributed by atoms with Crippen LogP contribution in [0.15, 0.2) is 0 Å². The Morgan fingerprint density at radius 3 is 3.00 bits per heavy atom. The van der Waals surface area contributed by atoms with E-state index in [4.69, 9.17) is 4.74 Å². The minimum atomic E-state index is -0.970. The molecule has 0 amide bonds. The Balaban J connectivity index is 1.70. The molecule has 0 bridgehead atoms. The number of nitrogens with one attached hydrogen (secondary N) is 1. The fraction of sp³-hybridized carbons (Fsp3) is 1.00. The molecule has 0 aromatic carbocycles. The van der Waals surface area contributed by atoms with Crippen molar-refractivity contribution < 1.29 is 9.13 Å². The van der Waals surface area contributed by atoms with Crippen molar-refractivity contribution in [3.8, 4) is 0 Å². The summed E-state index contributed by atoms with van der Waals surface area (Å²) in [7, 11) is 0. The molecule has 1 N–H and O–H groups in total. The van der Waals surface area contributed by atoms with Crippen molar-refractivity contribution in [1.29, 1.82) is 0 Å². The Hall–Kier alpha value is 0.200. The molecule has 3 atom stereocenters. The molecule has 0 aliphatic carbocycles. The fourth-order valence-corrected chi connectivity index (χ4v) is 4.95. The minimum Gasteiger partial charge on any atom is -0.374 e. The quantitative estimate of drug-likeness (QED) is 0.781. The van der Waals surface area contributed by atoms with Gasteiger partial charge in [-0.05, 0) is 50.3 Å². The van der Waals surface area contributed by atoms with Gasteiger partial charge in [-0.3, -0.25) is 0 Å². The van der Waals surface area contributed by atoms with Crippen molar-refractivity contribution in [1.82, 2.24) is 5.32 Å². The molecule has 3 aliphatic rings. The molecule has 4 heteroatoms. The molecule has 0 aromatic rings. The van der Waals surface area contributed by atoms with Gasteiger partial charge in [-0.1, -0.05) is 0 Å². The molecule has 0 aromatic heterocycles. The second kappa shape index (κ2) is 4.71.